The standard InChI is InChI=1S/C13H13N3O2S2/c14-11(9-20-12-7-4-8-19-12)16-18-13(17)15-10-5-2-1-3-6-10/h1-8H,9H2,(H2,14,16)(H,15,17). The average Bonchev–Trinajstić information content (AvgIpc) is 2.97. The number of hydrogen-bond donors (Lipinski definition) is 2. The topological polar surface area (TPSA) is 76.7 Å². The molecule has 1 heterocycles. The summed E-state index contributed by atoms with van der Waals surface area (Å²) < 4.78 is 1.14. The lowest BCUT2D eigenvalue weighted by molar-refractivity contribution is 0.166. The normalized spacial score (nSPS) is 11.1. The number of anilines is 1. The van der Waals surface area contributed by atoms with Gasteiger partial charge >= 0.3 is 6.09 Å². The number of amidine groups is 1. The molecule has 0 radical (unpaired) electrons. The molecule has 0 saturated carbocycles. The molecule has 0 saturated heterocycles. The van der Waals surface area contributed by atoms with Crippen LogP contribution in [0.15, 0.2) is 57.2 Å². The van der Waals surface area contributed by atoms with Crippen LogP contribution in [-0.2, 0) is 4.84 Å². The van der Waals surface area contributed by atoms with Crippen LogP contribution in [0.3, 0.4) is 0 Å². The third-order valence-electron chi connectivity index (χ3n) is 2.12. The molecule has 0 aliphatic carbocycles. The van der Waals surface area contributed by atoms with E-state index in [1.165, 1.54) is 0 Å². The molecular formula is C13H13N3O2S2. The zero-order chi connectivity index (χ0) is 14.2. The van der Waals surface area contributed by atoms with Gasteiger partial charge in [0.05, 0.1) is 9.96 Å². The van der Waals surface area contributed by atoms with Crippen LogP contribution in [-0.4, -0.2) is 17.7 Å². The van der Waals surface area contributed by atoms with E-state index in [0.717, 1.165) is 4.21 Å². The van der Waals surface area contributed by atoms with Gasteiger partial charge in [-0.2, -0.15) is 0 Å². The lowest BCUT2D eigenvalue weighted by Gasteiger charge is -2.02. The molecule has 0 unspecified atom stereocenters. The number of carbonyl (C=O) groups is 1. The highest BCUT2D eigenvalue weighted by atomic mass is 32.2. The van der Waals surface area contributed by atoms with E-state index in [0.29, 0.717) is 11.4 Å². The third kappa shape index (κ3) is 4.94. The lowest BCUT2D eigenvalue weighted by atomic mass is 10.3. The summed E-state index contributed by atoms with van der Waals surface area (Å²) in [5.74, 6) is 0.727. The first-order chi connectivity index (χ1) is 9.74. The molecule has 0 atom stereocenters. The van der Waals surface area contributed by atoms with Crippen LogP contribution in [0.25, 0.3) is 0 Å². The van der Waals surface area contributed by atoms with Crippen molar-refractivity contribution >= 4 is 40.7 Å². The first-order valence-electron chi connectivity index (χ1n) is 5.76. The Labute approximate surface area is 124 Å². The van der Waals surface area contributed by atoms with Crippen molar-refractivity contribution in [2.45, 2.75) is 4.21 Å². The molecule has 104 valence electrons. The summed E-state index contributed by atoms with van der Waals surface area (Å²) in [4.78, 5) is 16.1. The molecule has 3 N–H and O–H groups in total. The number of oxime groups is 1. The zero-order valence-corrected chi connectivity index (χ0v) is 12.1. The maximum atomic E-state index is 11.4. The smallest absolute Gasteiger partial charge is 0.384 e. The predicted molar refractivity (Wildman–Crippen MR) is 83.2 cm³/mol. The van der Waals surface area contributed by atoms with Gasteiger partial charge in [0.25, 0.3) is 0 Å². The minimum atomic E-state index is -0.666. The molecule has 0 fully saturated rings. The van der Waals surface area contributed by atoms with Crippen LogP contribution in [0.5, 0.6) is 0 Å². The Morgan fingerprint density at radius 2 is 2.10 bits per heavy atom. The number of para-hydroxylation sites is 1. The first-order valence-corrected chi connectivity index (χ1v) is 7.62. The third-order valence-corrected chi connectivity index (χ3v) is 4.29. The fourth-order valence-electron chi connectivity index (χ4n) is 1.28. The fraction of sp³-hybridized carbons (Fsp3) is 0.0769. The summed E-state index contributed by atoms with van der Waals surface area (Å²) in [7, 11) is 0. The average molecular weight is 307 g/mol. The quantitative estimate of drug-likeness (QED) is 0.292. The SMILES string of the molecule is NC(CSc1cccs1)=NOC(=O)Nc1ccccc1. The van der Waals surface area contributed by atoms with Crippen molar-refractivity contribution in [3.63, 3.8) is 0 Å². The van der Waals surface area contributed by atoms with Crippen LogP contribution in [0.1, 0.15) is 0 Å². The summed E-state index contributed by atoms with van der Waals surface area (Å²) in [6.45, 7) is 0. The Morgan fingerprint density at radius 3 is 2.80 bits per heavy atom. The number of thioether (sulfide) groups is 1. The predicted octanol–water partition coefficient (Wildman–Crippen LogP) is 3.36. The van der Waals surface area contributed by atoms with Crippen molar-refractivity contribution in [2.24, 2.45) is 10.9 Å². The first kappa shape index (κ1) is 14.4. The Balaban J connectivity index is 1.75. The highest BCUT2D eigenvalue weighted by Crippen LogP contribution is 2.22. The van der Waals surface area contributed by atoms with Crippen molar-refractivity contribution in [1.29, 1.82) is 0 Å². The molecular weight excluding hydrogens is 294 g/mol. The van der Waals surface area contributed by atoms with Gasteiger partial charge in [-0.05, 0) is 23.6 Å². The monoisotopic (exact) mass is 307 g/mol. The minimum absolute atomic E-state index is 0.256. The molecule has 1 aromatic carbocycles. The molecule has 0 spiro atoms. The lowest BCUT2D eigenvalue weighted by Crippen LogP contribution is -2.18. The van der Waals surface area contributed by atoms with E-state index in [2.05, 4.69) is 15.3 Å². The van der Waals surface area contributed by atoms with E-state index >= 15 is 0 Å². The van der Waals surface area contributed by atoms with E-state index in [9.17, 15) is 4.79 Å². The van der Waals surface area contributed by atoms with E-state index in [1.54, 1.807) is 35.2 Å². The molecule has 5 nitrogen and oxygen atoms in total. The number of carbonyl (C=O) groups excluding carboxylic acids is 1. The van der Waals surface area contributed by atoms with Crippen LogP contribution in [0, 0.1) is 0 Å². The second-order valence-electron chi connectivity index (χ2n) is 3.67. The van der Waals surface area contributed by atoms with Crippen LogP contribution in [0.2, 0.25) is 0 Å². The Hall–Kier alpha value is -1.99. The van der Waals surface area contributed by atoms with Gasteiger partial charge in [0.15, 0.2) is 5.84 Å². The van der Waals surface area contributed by atoms with E-state index in [4.69, 9.17) is 5.73 Å². The zero-order valence-electron chi connectivity index (χ0n) is 10.5. The molecule has 20 heavy (non-hydrogen) atoms. The highest BCUT2D eigenvalue weighted by molar-refractivity contribution is 8.01. The Morgan fingerprint density at radius 1 is 1.30 bits per heavy atom. The van der Waals surface area contributed by atoms with Gasteiger partial charge in [0, 0.05) is 5.69 Å². The molecule has 0 aliphatic rings. The molecule has 2 aromatic rings. The fourth-order valence-corrected chi connectivity index (χ4v) is 2.86. The second kappa shape index (κ2) is 7.56. The van der Waals surface area contributed by atoms with Crippen molar-refractivity contribution in [3.8, 4) is 0 Å². The van der Waals surface area contributed by atoms with Crippen LogP contribution >= 0.6 is 23.1 Å². The van der Waals surface area contributed by atoms with Gasteiger partial charge in [0.2, 0.25) is 0 Å². The van der Waals surface area contributed by atoms with E-state index in [1.807, 2.05) is 35.7 Å². The molecule has 0 aliphatic heterocycles. The number of hydrogen-bond acceptors (Lipinski definition) is 5. The molecule has 1 amide bonds. The van der Waals surface area contributed by atoms with Gasteiger partial charge in [-0.1, -0.05) is 29.4 Å². The number of nitrogens with one attached hydrogen (secondary N) is 1. The van der Waals surface area contributed by atoms with Crippen molar-refractivity contribution in [3.05, 3.63) is 47.8 Å². The van der Waals surface area contributed by atoms with Crippen molar-refractivity contribution in [1.82, 2.24) is 0 Å². The van der Waals surface area contributed by atoms with Crippen molar-refractivity contribution in [2.75, 3.05) is 11.1 Å². The van der Waals surface area contributed by atoms with Gasteiger partial charge in [-0.3, -0.25) is 10.2 Å². The van der Waals surface area contributed by atoms with Crippen LogP contribution in [0.4, 0.5) is 10.5 Å². The minimum Gasteiger partial charge on any atom is -0.384 e. The van der Waals surface area contributed by atoms with Gasteiger partial charge in [-0.25, -0.2) is 4.79 Å². The number of benzene rings is 1. The molecule has 7 heteroatoms. The summed E-state index contributed by atoms with van der Waals surface area (Å²) in [6, 6.07) is 12.9. The summed E-state index contributed by atoms with van der Waals surface area (Å²) in [5.41, 5.74) is 6.30. The maximum absolute atomic E-state index is 11.4. The highest BCUT2D eigenvalue weighted by Gasteiger charge is 2.03. The summed E-state index contributed by atoms with van der Waals surface area (Å²) >= 11 is 3.17. The summed E-state index contributed by atoms with van der Waals surface area (Å²) in [5, 5.41) is 8.11. The number of amides is 1. The maximum Gasteiger partial charge on any atom is 0.437 e. The van der Waals surface area contributed by atoms with Gasteiger partial charge in [0.1, 0.15) is 0 Å². The number of rotatable bonds is 5. The van der Waals surface area contributed by atoms with Gasteiger partial charge < -0.3 is 5.73 Å². The number of nitrogens with two attached hydrogens (primary N) is 1. The molecule has 0 bridgehead atoms. The number of nitrogens with zero attached hydrogens (tertiary/aromatic N) is 1. The molecule has 1 aromatic heterocycles. The van der Waals surface area contributed by atoms with E-state index < -0.39 is 6.09 Å². The van der Waals surface area contributed by atoms with Crippen LogP contribution < -0.4 is 11.1 Å². The van der Waals surface area contributed by atoms with E-state index in [-0.39, 0.29) is 5.84 Å². The Kier molecular flexibility index (Phi) is 5.45. The number of thiophene rings is 1. The largest absolute Gasteiger partial charge is 0.437 e. The molecule has 2 rings (SSSR count). The summed E-state index contributed by atoms with van der Waals surface area (Å²) in [6.07, 6.45) is -0.666. The second-order valence-corrected chi connectivity index (χ2v) is 5.90. The van der Waals surface area contributed by atoms with Crippen molar-refractivity contribution < 1.29 is 9.63 Å². The van der Waals surface area contributed by atoms with Gasteiger partial charge in [-0.15, -0.1) is 23.1 Å². The Bertz CT molecular complexity index is 571.